The highest BCUT2D eigenvalue weighted by Gasteiger charge is 2.28. The molecule has 0 unspecified atom stereocenters. The van der Waals surface area contributed by atoms with E-state index >= 15 is 0 Å². The zero-order chi connectivity index (χ0) is 15.1. The first-order chi connectivity index (χ1) is 10.7. The fourth-order valence-corrected chi connectivity index (χ4v) is 4.06. The van der Waals surface area contributed by atoms with Crippen LogP contribution in [0, 0.1) is 0 Å². The second-order valence-corrected chi connectivity index (χ2v) is 7.73. The number of hydrogen-bond donors (Lipinski definition) is 0. The molecule has 0 aromatic carbocycles. The first kappa shape index (κ1) is 14.7. The average molecular weight is 424 g/mol. The maximum absolute atomic E-state index is 4.79. The van der Waals surface area contributed by atoms with E-state index in [4.69, 9.17) is 4.98 Å². The van der Waals surface area contributed by atoms with Crippen molar-refractivity contribution < 1.29 is 0 Å². The Morgan fingerprint density at radius 2 is 1.91 bits per heavy atom. The fourth-order valence-electron chi connectivity index (χ4n) is 2.88. The first-order valence-corrected chi connectivity index (χ1v) is 9.14. The number of nitrogens with zero attached hydrogens (tertiary/aromatic N) is 4. The summed E-state index contributed by atoms with van der Waals surface area (Å²) in [6.45, 7) is 2.85. The van der Waals surface area contributed by atoms with Gasteiger partial charge in [0, 0.05) is 70.8 Å². The predicted octanol–water partition coefficient (Wildman–Crippen LogP) is 3.83. The number of aromatic nitrogens is 3. The molecule has 2 aromatic heterocycles. The molecular formula is C16H16Br2N4. The summed E-state index contributed by atoms with van der Waals surface area (Å²) in [4.78, 5) is 16.0. The van der Waals surface area contributed by atoms with Gasteiger partial charge in [0.05, 0.1) is 0 Å². The van der Waals surface area contributed by atoms with Crippen LogP contribution in [-0.4, -0.2) is 26.4 Å². The number of rotatable bonds is 3. The summed E-state index contributed by atoms with van der Waals surface area (Å²) in [6.07, 6.45) is 9.27. The molecule has 0 amide bonds. The summed E-state index contributed by atoms with van der Waals surface area (Å²) in [5, 5.41) is 0. The van der Waals surface area contributed by atoms with E-state index in [1.54, 1.807) is 0 Å². The Kier molecular flexibility index (Phi) is 4.00. The van der Waals surface area contributed by atoms with Crippen molar-refractivity contribution in [1.29, 1.82) is 0 Å². The van der Waals surface area contributed by atoms with Crippen LogP contribution in [0.2, 0.25) is 0 Å². The van der Waals surface area contributed by atoms with Crippen LogP contribution in [0.3, 0.4) is 0 Å². The third-order valence-electron chi connectivity index (χ3n) is 4.31. The van der Waals surface area contributed by atoms with Crippen LogP contribution in [-0.2, 0) is 19.5 Å². The van der Waals surface area contributed by atoms with E-state index in [0.29, 0.717) is 5.92 Å². The largest absolute Gasteiger partial charge is 0.294 e. The Hall–Kier alpha value is -0.850. The number of pyridine rings is 1. The van der Waals surface area contributed by atoms with E-state index in [1.165, 1.54) is 29.7 Å². The van der Waals surface area contributed by atoms with Crippen LogP contribution >= 0.6 is 31.9 Å². The molecule has 1 aliphatic heterocycles. The van der Waals surface area contributed by atoms with Gasteiger partial charge in [-0.2, -0.15) is 0 Å². The number of fused-ring (bicyclic) bond motifs is 1. The van der Waals surface area contributed by atoms with Crippen molar-refractivity contribution in [3.05, 3.63) is 50.2 Å². The summed E-state index contributed by atoms with van der Waals surface area (Å²) in [7, 11) is 0. The summed E-state index contributed by atoms with van der Waals surface area (Å²) in [5.41, 5.74) is 3.77. The molecule has 4 rings (SSSR count). The minimum Gasteiger partial charge on any atom is -0.294 e. The van der Waals surface area contributed by atoms with Crippen LogP contribution in [0.25, 0.3) is 0 Å². The molecule has 6 heteroatoms. The molecule has 0 spiro atoms. The fraction of sp³-hybridized carbons (Fsp3) is 0.438. The van der Waals surface area contributed by atoms with Crippen LogP contribution in [0.1, 0.15) is 41.4 Å². The third-order valence-corrected chi connectivity index (χ3v) is 5.67. The van der Waals surface area contributed by atoms with E-state index in [9.17, 15) is 0 Å². The summed E-state index contributed by atoms with van der Waals surface area (Å²) < 4.78 is 2.10. The Labute approximate surface area is 146 Å². The van der Waals surface area contributed by atoms with Gasteiger partial charge >= 0.3 is 0 Å². The lowest BCUT2D eigenvalue weighted by Crippen LogP contribution is -2.31. The maximum atomic E-state index is 4.79. The Morgan fingerprint density at radius 1 is 1.14 bits per heavy atom. The lowest BCUT2D eigenvalue weighted by Gasteiger charge is -2.28. The molecule has 0 saturated heterocycles. The van der Waals surface area contributed by atoms with Gasteiger partial charge < -0.3 is 0 Å². The predicted molar refractivity (Wildman–Crippen MR) is 91.5 cm³/mol. The highest BCUT2D eigenvalue weighted by atomic mass is 79.9. The van der Waals surface area contributed by atoms with Crippen molar-refractivity contribution in [3.63, 3.8) is 0 Å². The van der Waals surface area contributed by atoms with E-state index in [0.717, 1.165) is 40.8 Å². The van der Waals surface area contributed by atoms with Gasteiger partial charge in [-0.1, -0.05) is 0 Å². The van der Waals surface area contributed by atoms with Gasteiger partial charge in [-0.05, 0) is 50.3 Å². The second-order valence-electron chi connectivity index (χ2n) is 6.02. The van der Waals surface area contributed by atoms with E-state index in [2.05, 4.69) is 46.7 Å². The van der Waals surface area contributed by atoms with Gasteiger partial charge in [0.15, 0.2) is 0 Å². The summed E-state index contributed by atoms with van der Waals surface area (Å²) in [6, 6.07) is 0. The standard InChI is InChI=1S/C16H16Br2N4/c17-13-6-19-7-14(18)12(13)9-22-4-3-15-11(8-22)5-20-16(21-15)10-1-2-10/h5-7,10H,1-4,8-9H2. The van der Waals surface area contributed by atoms with E-state index < -0.39 is 0 Å². The molecule has 2 aromatic rings. The molecule has 1 fully saturated rings. The summed E-state index contributed by atoms with van der Waals surface area (Å²) in [5.74, 6) is 1.69. The van der Waals surface area contributed by atoms with Crippen molar-refractivity contribution in [2.45, 2.75) is 38.3 Å². The molecule has 4 nitrogen and oxygen atoms in total. The highest BCUT2D eigenvalue weighted by molar-refractivity contribution is 9.11. The molecule has 1 saturated carbocycles. The topological polar surface area (TPSA) is 41.9 Å². The second kappa shape index (κ2) is 5.98. The third kappa shape index (κ3) is 2.96. The van der Waals surface area contributed by atoms with Crippen molar-refractivity contribution in [2.24, 2.45) is 0 Å². The molecule has 1 aliphatic carbocycles. The normalized spacial score (nSPS) is 18.3. The zero-order valence-electron chi connectivity index (χ0n) is 12.1. The molecule has 3 heterocycles. The molecule has 114 valence electrons. The smallest absolute Gasteiger partial charge is 0.131 e. The zero-order valence-corrected chi connectivity index (χ0v) is 15.3. The van der Waals surface area contributed by atoms with Crippen molar-refractivity contribution in [2.75, 3.05) is 6.54 Å². The Bertz CT molecular complexity index is 695. The van der Waals surface area contributed by atoms with Crippen LogP contribution in [0.5, 0.6) is 0 Å². The monoisotopic (exact) mass is 422 g/mol. The average Bonchev–Trinajstić information content (AvgIpc) is 3.35. The molecule has 2 aliphatic rings. The number of halogens is 2. The van der Waals surface area contributed by atoms with Crippen LogP contribution in [0.15, 0.2) is 27.5 Å². The minimum atomic E-state index is 0.632. The van der Waals surface area contributed by atoms with Gasteiger partial charge in [-0.15, -0.1) is 0 Å². The van der Waals surface area contributed by atoms with Crippen molar-refractivity contribution in [1.82, 2.24) is 19.9 Å². The first-order valence-electron chi connectivity index (χ1n) is 7.55. The molecule has 0 radical (unpaired) electrons. The van der Waals surface area contributed by atoms with Gasteiger partial charge in [0.2, 0.25) is 0 Å². The van der Waals surface area contributed by atoms with Gasteiger partial charge in [0.25, 0.3) is 0 Å². The Balaban J connectivity index is 1.52. The highest BCUT2D eigenvalue weighted by Crippen LogP contribution is 2.38. The van der Waals surface area contributed by atoms with Gasteiger partial charge in [-0.25, -0.2) is 9.97 Å². The van der Waals surface area contributed by atoms with Gasteiger partial charge in [0.1, 0.15) is 5.82 Å². The molecule has 0 atom stereocenters. The molecule has 0 bridgehead atoms. The van der Waals surface area contributed by atoms with Crippen LogP contribution in [0.4, 0.5) is 0 Å². The van der Waals surface area contributed by atoms with Crippen LogP contribution < -0.4 is 0 Å². The van der Waals surface area contributed by atoms with E-state index in [-0.39, 0.29) is 0 Å². The SMILES string of the molecule is Brc1cncc(Br)c1CN1CCc2nc(C3CC3)ncc2C1. The maximum Gasteiger partial charge on any atom is 0.131 e. The molecule has 0 N–H and O–H groups in total. The summed E-state index contributed by atoms with van der Waals surface area (Å²) >= 11 is 7.19. The lowest BCUT2D eigenvalue weighted by molar-refractivity contribution is 0.241. The molecule has 22 heavy (non-hydrogen) atoms. The minimum absolute atomic E-state index is 0.632. The van der Waals surface area contributed by atoms with Crippen molar-refractivity contribution in [3.8, 4) is 0 Å². The quantitative estimate of drug-likeness (QED) is 0.752. The number of hydrogen-bond acceptors (Lipinski definition) is 4. The van der Waals surface area contributed by atoms with E-state index in [1.807, 2.05) is 18.6 Å². The van der Waals surface area contributed by atoms with Gasteiger partial charge in [-0.3, -0.25) is 9.88 Å². The Morgan fingerprint density at radius 3 is 2.64 bits per heavy atom. The lowest BCUT2D eigenvalue weighted by atomic mass is 10.1. The molecular weight excluding hydrogens is 408 g/mol. The van der Waals surface area contributed by atoms with Crippen molar-refractivity contribution >= 4 is 31.9 Å².